The maximum atomic E-state index is 2.52. The number of hydrogen-bond donors (Lipinski definition) is 0. The smallest absolute Gasteiger partial charge is 0.0563 e. The zero-order valence-electron chi connectivity index (χ0n) is 33.7. The molecule has 0 saturated carbocycles. The van der Waals surface area contributed by atoms with Crippen LogP contribution in [-0.4, -0.2) is 4.57 Å². The highest BCUT2D eigenvalue weighted by molar-refractivity contribution is 6.13. The fourth-order valence-corrected chi connectivity index (χ4v) is 9.21. The van der Waals surface area contributed by atoms with Crippen LogP contribution in [0.2, 0.25) is 0 Å². The molecule has 0 amide bonds. The molecule has 61 heavy (non-hydrogen) atoms. The quantitative estimate of drug-likeness (QED) is 0.149. The van der Waals surface area contributed by atoms with E-state index in [2.05, 4.69) is 252 Å². The van der Waals surface area contributed by atoms with Crippen LogP contribution in [0.25, 0.3) is 71.7 Å². The second-order valence-electron chi connectivity index (χ2n) is 15.6. The number of rotatable bonds is 8. The van der Waals surface area contributed by atoms with Gasteiger partial charge in [-0.2, -0.15) is 0 Å². The number of fused-ring (bicyclic) bond motifs is 4. The average molecular weight is 779 g/mol. The minimum Gasteiger partial charge on any atom is -0.312 e. The van der Waals surface area contributed by atoms with E-state index in [1.165, 1.54) is 77.2 Å². The summed E-state index contributed by atoms with van der Waals surface area (Å²) < 4.78 is 2.52. The summed E-state index contributed by atoms with van der Waals surface area (Å²) in [7, 11) is 0. The molecule has 2 nitrogen and oxygen atoms in total. The molecule has 0 bridgehead atoms. The lowest BCUT2D eigenvalue weighted by Crippen LogP contribution is -2.19. The first-order valence-electron chi connectivity index (χ1n) is 21.1. The van der Waals surface area contributed by atoms with Crippen LogP contribution in [0, 0.1) is 0 Å². The van der Waals surface area contributed by atoms with Crippen LogP contribution in [0.5, 0.6) is 0 Å². The molecular formula is C59H42N2. The number of anilines is 2. The Hall–Kier alpha value is -7.94. The molecule has 0 fully saturated rings. The van der Waals surface area contributed by atoms with Gasteiger partial charge in [-0.15, -0.1) is 0 Å². The molecular weight excluding hydrogens is 737 g/mol. The van der Waals surface area contributed by atoms with E-state index in [-0.39, 0.29) is 0 Å². The maximum Gasteiger partial charge on any atom is 0.0563 e. The van der Waals surface area contributed by atoms with Crippen molar-refractivity contribution in [2.75, 3.05) is 4.90 Å². The molecule has 0 aliphatic heterocycles. The van der Waals surface area contributed by atoms with Crippen molar-refractivity contribution in [3.63, 3.8) is 0 Å². The summed E-state index contributed by atoms with van der Waals surface area (Å²) in [6.07, 6.45) is 5.56. The van der Waals surface area contributed by atoms with Gasteiger partial charge in [0.05, 0.1) is 16.7 Å². The molecule has 2 heteroatoms. The first kappa shape index (κ1) is 36.2. The zero-order valence-corrected chi connectivity index (χ0v) is 33.7. The van der Waals surface area contributed by atoms with Crippen molar-refractivity contribution in [3.8, 4) is 22.3 Å². The Bertz CT molecular complexity index is 3220. The third kappa shape index (κ3) is 6.65. The third-order valence-electron chi connectivity index (χ3n) is 12.1. The van der Waals surface area contributed by atoms with Gasteiger partial charge in [0.25, 0.3) is 0 Å². The van der Waals surface area contributed by atoms with Crippen molar-refractivity contribution >= 4 is 60.8 Å². The van der Waals surface area contributed by atoms with Gasteiger partial charge in [-0.1, -0.05) is 200 Å². The standard InChI is InChI=1S/C59H42N2/c1-4-17-42(18-5-1)44-31-36-49(37-32-44)60(50-38-33-46(34-39-50)52-28-16-24-45-21-10-11-25-51(45)52)58-41-48(43-19-6-2-7-20-43)35-40-57(59(58)47-22-8-3-9-23-47)61-55-29-14-12-26-53(55)54-27-13-15-30-56(54)61/h1-39,41H,40H2. The van der Waals surface area contributed by atoms with Gasteiger partial charge in [0, 0.05) is 39.8 Å². The molecule has 0 radical (unpaired) electrons. The Balaban J connectivity index is 1.20. The second kappa shape index (κ2) is 15.7. The molecule has 288 valence electrons. The van der Waals surface area contributed by atoms with Crippen molar-refractivity contribution < 1.29 is 0 Å². The topological polar surface area (TPSA) is 8.17 Å². The number of allylic oxidation sites excluding steroid dienone is 5. The average Bonchev–Trinajstić information content (AvgIpc) is 3.55. The van der Waals surface area contributed by atoms with Crippen molar-refractivity contribution in [1.82, 2.24) is 4.57 Å². The Morgan fingerprint density at radius 3 is 1.46 bits per heavy atom. The lowest BCUT2D eigenvalue weighted by molar-refractivity contribution is 1.13. The molecule has 1 aromatic heterocycles. The fourth-order valence-electron chi connectivity index (χ4n) is 9.21. The Morgan fingerprint density at radius 2 is 0.836 bits per heavy atom. The van der Waals surface area contributed by atoms with E-state index in [4.69, 9.17) is 0 Å². The second-order valence-corrected chi connectivity index (χ2v) is 15.6. The number of nitrogens with zero attached hydrogens (tertiary/aromatic N) is 2. The largest absolute Gasteiger partial charge is 0.312 e. The maximum absolute atomic E-state index is 2.52. The summed E-state index contributed by atoms with van der Waals surface area (Å²) in [6, 6.07) is 83.6. The molecule has 1 aliphatic carbocycles. The van der Waals surface area contributed by atoms with Gasteiger partial charge in [0.2, 0.25) is 0 Å². The van der Waals surface area contributed by atoms with Gasteiger partial charge in [-0.25, -0.2) is 0 Å². The van der Waals surface area contributed by atoms with Crippen LogP contribution in [-0.2, 0) is 0 Å². The van der Waals surface area contributed by atoms with Crippen LogP contribution >= 0.6 is 0 Å². The lowest BCUT2D eigenvalue weighted by Gasteiger charge is -2.31. The zero-order chi connectivity index (χ0) is 40.5. The van der Waals surface area contributed by atoms with Gasteiger partial charge in [0.15, 0.2) is 0 Å². The molecule has 1 heterocycles. The summed E-state index contributed by atoms with van der Waals surface area (Å²) in [5.74, 6) is 0. The fraction of sp³-hybridized carbons (Fsp3) is 0.0169. The first-order valence-corrected chi connectivity index (χ1v) is 21.1. The minimum atomic E-state index is 0.720. The van der Waals surface area contributed by atoms with Gasteiger partial charge in [-0.05, 0) is 92.2 Å². The molecule has 0 atom stereocenters. The highest BCUT2D eigenvalue weighted by atomic mass is 15.2. The van der Waals surface area contributed by atoms with E-state index >= 15 is 0 Å². The summed E-state index contributed by atoms with van der Waals surface area (Å²) in [6.45, 7) is 0. The minimum absolute atomic E-state index is 0.720. The number of hydrogen-bond acceptors (Lipinski definition) is 1. The van der Waals surface area contributed by atoms with Crippen molar-refractivity contribution in [1.29, 1.82) is 0 Å². The highest BCUT2D eigenvalue weighted by Gasteiger charge is 2.28. The molecule has 1 aliphatic rings. The lowest BCUT2D eigenvalue weighted by atomic mass is 9.95. The highest BCUT2D eigenvalue weighted by Crippen LogP contribution is 2.46. The van der Waals surface area contributed by atoms with Crippen LogP contribution in [0.3, 0.4) is 0 Å². The van der Waals surface area contributed by atoms with E-state index in [0.717, 1.165) is 29.1 Å². The molecule has 9 aromatic carbocycles. The predicted molar refractivity (Wildman–Crippen MR) is 260 cm³/mol. The molecule has 0 saturated heterocycles. The predicted octanol–water partition coefficient (Wildman–Crippen LogP) is 15.9. The Labute approximate surface area is 356 Å². The monoisotopic (exact) mass is 778 g/mol. The summed E-state index contributed by atoms with van der Waals surface area (Å²) in [5, 5.41) is 4.98. The first-order chi connectivity index (χ1) is 30.3. The van der Waals surface area contributed by atoms with E-state index < -0.39 is 0 Å². The SMILES string of the molecule is C1=C(c2ccccc2)C=C(N(c2ccc(-c3ccccc3)cc2)c2ccc(-c3cccc4ccccc34)cc2)C(c2ccccc2)=C(n2c3ccccc3c3ccccc32)C1. The van der Waals surface area contributed by atoms with E-state index in [9.17, 15) is 0 Å². The van der Waals surface area contributed by atoms with Crippen LogP contribution < -0.4 is 4.90 Å². The van der Waals surface area contributed by atoms with Gasteiger partial charge >= 0.3 is 0 Å². The van der Waals surface area contributed by atoms with Crippen molar-refractivity contribution in [2.45, 2.75) is 6.42 Å². The molecule has 0 spiro atoms. The Morgan fingerprint density at radius 1 is 0.361 bits per heavy atom. The van der Waals surface area contributed by atoms with Gasteiger partial charge in [-0.3, -0.25) is 0 Å². The van der Waals surface area contributed by atoms with Gasteiger partial charge in [0.1, 0.15) is 0 Å². The summed E-state index contributed by atoms with van der Waals surface area (Å²) in [4.78, 5) is 2.47. The third-order valence-corrected chi connectivity index (χ3v) is 12.1. The number of para-hydroxylation sites is 2. The molecule has 0 N–H and O–H groups in total. The normalized spacial score (nSPS) is 13.0. The van der Waals surface area contributed by atoms with Crippen LogP contribution in [0.1, 0.15) is 17.5 Å². The number of benzene rings is 9. The van der Waals surface area contributed by atoms with E-state index in [1.807, 2.05) is 0 Å². The summed E-state index contributed by atoms with van der Waals surface area (Å²) >= 11 is 0. The number of aromatic nitrogens is 1. The Kier molecular flexibility index (Phi) is 9.29. The van der Waals surface area contributed by atoms with E-state index in [0.29, 0.717) is 0 Å². The van der Waals surface area contributed by atoms with E-state index in [1.54, 1.807) is 0 Å². The summed E-state index contributed by atoms with van der Waals surface area (Å²) in [5.41, 5.74) is 16.4. The van der Waals surface area contributed by atoms with Gasteiger partial charge < -0.3 is 9.47 Å². The van der Waals surface area contributed by atoms with Crippen LogP contribution in [0.4, 0.5) is 11.4 Å². The molecule has 0 unspecified atom stereocenters. The molecule has 10 aromatic rings. The molecule has 11 rings (SSSR count). The van der Waals surface area contributed by atoms with Crippen molar-refractivity contribution in [2.24, 2.45) is 0 Å². The van der Waals surface area contributed by atoms with Crippen LogP contribution in [0.15, 0.2) is 248 Å². The van der Waals surface area contributed by atoms with Crippen molar-refractivity contribution in [3.05, 3.63) is 259 Å².